The highest BCUT2D eigenvalue weighted by Gasteiger charge is 2.10. The molecule has 0 aliphatic carbocycles. The number of benzene rings is 2. The van der Waals surface area contributed by atoms with E-state index >= 15 is 0 Å². The lowest BCUT2D eigenvalue weighted by molar-refractivity contribution is -0.113. The van der Waals surface area contributed by atoms with Gasteiger partial charge in [0, 0.05) is 22.4 Å². The van der Waals surface area contributed by atoms with Gasteiger partial charge in [-0.15, -0.1) is 23.1 Å². The maximum atomic E-state index is 12.9. The third kappa shape index (κ3) is 5.90. The van der Waals surface area contributed by atoms with Gasteiger partial charge < -0.3 is 5.32 Å². The molecule has 0 bridgehead atoms. The molecule has 0 fully saturated rings. The van der Waals surface area contributed by atoms with Gasteiger partial charge >= 0.3 is 0 Å². The van der Waals surface area contributed by atoms with E-state index in [4.69, 9.17) is 0 Å². The van der Waals surface area contributed by atoms with E-state index in [-0.39, 0.29) is 23.4 Å². The van der Waals surface area contributed by atoms with Crippen molar-refractivity contribution < 1.29 is 14.0 Å². The molecule has 28 heavy (non-hydrogen) atoms. The molecule has 2 aromatic carbocycles. The van der Waals surface area contributed by atoms with Crippen LogP contribution in [0.4, 0.5) is 15.2 Å². The second-order valence-corrected chi connectivity index (χ2v) is 7.86. The molecule has 2 N–H and O–H groups in total. The Hall–Kier alpha value is -2.71. The van der Waals surface area contributed by atoms with Gasteiger partial charge in [0.05, 0.1) is 11.4 Å². The quantitative estimate of drug-likeness (QED) is 0.586. The first kappa shape index (κ1) is 20.0. The Bertz CT molecular complexity index is 974. The molecule has 0 saturated heterocycles. The average molecular weight is 416 g/mol. The predicted molar refractivity (Wildman–Crippen MR) is 112 cm³/mol. The molecule has 0 atom stereocenters. The Morgan fingerprint density at radius 3 is 2.68 bits per heavy atom. The van der Waals surface area contributed by atoms with Crippen molar-refractivity contribution in [2.45, 2.75) is 12.7 Å². The van der Waals surface area contributed by atoms with E-state index in [1.165, 1.54) is 47.4 Å². The fraction of sp³-hybridized carbons (Fsp3) is 0.150. The Kier molecular flexibility index (Phi) is 6.78. The third-order valence-corrected chi connectivity index (χ3v) is 5.44. The molecule has 1 aromatic heterocycles. The molecular formula is C20H18FN3O2S2. The number of thiazole rings is 1. The molecule has 8 heteroatoms. The Morgan fingerprint density at radius 1 is 1.14 bits per heavy atom. The highest BCUT2D eigenvalue weighted by molar-refractivity contribution is 7.99. The van der Waals surface area contributed by atoms with Crippen LogP contribution in [0.25, 0.3) is 0 Å². The van der Waals surface area contributed by atoms with E-state index < -0.39 is 0 Å². The number of carbonyl (C=O) groups is 2. The van der Waals surface area contributed by atoms with Crippen LogP contribution in [0.2, 0.25) is 0 Å². The van der Waals surface area contributed by atoms with Crippen molar-refractivity contribution in [3.8, 4) is 0 Å². The van der Waals surface area contributed by atoms with E-state index in [9.17, 15) is 14.0 Å². The standard InChI is InChI=1S/C20H18FN3O2S2/c1-13-3-2-4-14(9-13)19(26)24-20-23-17(11-28-20)10-27-12-18(25)22-16-7-5-15(21)6-8-16/h2-9,11H,10,12H2,1H3,(H,22,25)(H,23,24,26). The van der Waals surface area contributed by atoms with Gasteiger partial charge in [-0.25, -0.2) is 9.37 Å². The highest BCUT2D eigenvalue weighted by atomic mass is 32.2. The summed E-state index contributed by atoms with van der Waals surface area (Å²) in [5.41, 5.74) is 2.96. The molecule has 0 unspecified atom stereocenters. The second kappa shape index (κ2) is 9.48. The van der Waals surface area contributed by atoms with E-state index in [2.05, 4.69) is 15.6 Å². The van der Waals surface area contributed by atoms with Gasteiger partial charge in [0.2, 0.25) is 5.91 Å². The number of nitrogens with zero attached hydrogens (tertiary/aromatic N) is 1. The molecule has 3 rings (SSSR count). The van der Waals surface area contributed by atoms with E-state index in [0.29, 0.717) is 22.1 Å². The van der Waals surface area contributed by atoms with Crippen molar-refractivity contribution in [1.29, 1.82) is 0 Å². The molecule has 0 radical (unpaired) electrons. The number of nitrogens with one attached hydrogen (secondary N) is 2. The molecule has 0 spiro atoms. The first-order valence-electron chi connectivity index (χ1n) is 8.45. The summed E-state index contributed by atoms with van der Waals surface area (Å²) in [6.07, 6.45) is 0. The average Bonchev–Trinajstić information content (AvgIpc) is 3.11. The Balaban J connectivity index is 1.45. The van der Waals surface area contributed by atoms with Gasteiger partial charge in [0.25, 0.3) is 5.91 Å². The minimum absolute atomic E-state index is 0.167. The second-order valence-electron chi connectivity index (χ2n) is 6.02. The molecular weight excluding hydrogens is 397 g/mol. The molecule has 3 aromatic rings. The highest BCUT2D eigenvalue weighted by Crippen LogP contribution is 2.20. The minimum Gasteiger partial charge on any atom is -0.325 e. The summed E-state index contributed by atoms with van der Waals surface area (Å²) >= 11 is 2.76. The summed E-state index contributed by atoms with van der Waals surface area (Å²) in [6, 6.07) is 13.0. The van der Waals surface area contributed by atoms with Crippen LogP contribution in [0.15, 0.2) is 53.9 Å². The number of thioether (sulfide) groups is 1. The van der Waals surface area contributed by atoms with Crippen molar-refractivity contribution in [3.05, 3.63) is 76.5 Å². The zero-order chi connectivity index (χ0) is 19.9. The number of aryl methyl sites for hydroxylation is 1. The summed E-state index contributed by atoms with van der Waals surface area (Å²) in [7, 11) is 0. The lowest BCUT2D eigenvalue weighted by Gasteiger charge is -2.04. The zero-order valence-electron chi connectivity index (χ0n) is 15.1. The van der Waals surface area contributed by atoms with Crippen molar-refractivity contribution in [2.24, 2.45) is 0 Å². The number of hydrogen-bond acceptors (Lipinski definition) is 5. The summed E-state index contributed by atoms with van der Waals surface area (Å²) < 4.78 is 12.9. The fourth-order valence-corrected chi connectivity index (χ4v) is 3.89. The first-order valence-corrected chi connectivity index (χ1v) is 10.5. The van der Waals surface area contributed by atoms with Crippen molar-refractivity contribution >= 4 is 45.7 Å². The summed E-state index contributed by atoms with van der Waals surface area (Å²) in [5.74, 6) is 0.0880. The number of anilines is 2. The van der Waals surface area contributed by atoms with E-state index in [1.54, 1.807) is 6.07 Å². The Labute approximate surface area is 170 Å². The number of rotatable bonds is 7. The maximum Gasteiger partial charge on any atom is 0.257 e. The van der Waals surface area contributed by atoms with Gasteiger partial charge in [0.15, 0.2) is 5.13 Å². The lowest BCUT2D eigenvalue weighted by atomic mass is 10.1. The predicted octanol–water partition coefficient (Wildman–Crippen LogP) is 4.71. The monoisotopic (exact) mass is 415 g/mol. The van der Waals surface area contributed by atoms with Crippen LogP contribution in [-0.4, -0.2) is 22.6 Å². The number of aromatic nitrogens is 1. The van der Waals surface area contributed by atoms with Crippen LogP contribution in [0, 0.1) is 12.7 Å². The van der Waals surface area contributed by atoms with Crippen LogP contribution in [-0.2, 0) is 10.5 Å². The molecule has 0 aliphatic heterocycles. The normalized spacial score (nSPS) is 10.5. The van der Waals surface area contributed by atoms with Crippen LogP contribution in [0.5, 0.6) is 0 Å². The van der Waals surface area contributed by atoms with Crippen LogP contribution in [0.3, 0.4) is 0 Å². The lowest BCUT2D eigenvalue weighted by Crippen LogP contribution is -2.14. The van der Waals surface area contributed by atoms with Gasteiger partial charge in [-0.1, -0.05) is 17.7 Å². The molecule has 5 nitrogen and oxygen atoms in total. The Morgan fingerprint density at radius 2 is 1.93 bits per heavy atom. The summed E-state index contributed by atoms with van der Waals surface area (Å²) in [6.45, 7) is 1.93. The van der Waals surface area contributed by atoms with Gasteiger partial charge in [-0.3, -0.25) is 14.9 Å². The van der Waals surface area contributed by atoms with Gasteiger partial charge in [-0.05, 0) is 43.3 Å². The molecule has 0 saturated carbocycles. The molecule has 144 valence electrons. The van der Waals surface area contributed by atoms with Crippen molar-refractivity contribution in [3.63, 3.8) is 0 Å². The number of halogens is 1. The van der Waals surface area contributed by atoms with Gasteiger partial charge in [-0.2, -0.15) is 0 Å². The summed E-state index contributed by atoms with van der Waals surface area (Å²) in [5, 5.41) is 7.88. The number of hydrogen-bond donors (Lipinski definition) is 2. The molecule has 2 amide bonds. The smallest absolute Gasteiger partial charge is 0.257 e. The van der Waals surface area contributed by atoms with Crippen LogP contribution < -0.4 is 10.6 Å². The largest absolute Gasteiger partial charge is 0.325 e. The minimum atomic E-state index is -0.346. The zero-order valence-corrected chi connectivity index (χ0v) is 16.7. The molecule has 1 heterocycles. The fourth-order valence-electron chi connectivity index (χ4n) is 2.36. The van der Waals surface area contributed by atoms with Crippen LogP contribution in [0.1, 0.15) is 21.6 Å². The van der Waals surface area contributed by atoms with E-state index in [0.717, 1.165) is 11.3 Å². The number of amides is 2. The summed E-state index contributed by atoms with van der Waals surface area (Å²) in [4.78, 5) is 28.6. The SMILES string of the molecule is Cc1cccc(C(=O)Nc2nc(CSCC(=O)Nc3ccc(F)cc3)cs2)c1. The van der Waals surface area contributed by atoms with Crippen molar-refractivity contribution in [1.82, 2.24) is 4.98 Å². The van der Waals surface area contributed by atoms with Crippen molar-refractivity contribution in [2.75, 3.05) is 16.4 Å². The maximum absolute atomic E-state index is 12.9. The number of carbonyl (C=O) groups excluding carboxylic acids is 2. The third-order valence-electron chi connectivity index (χ3n) is 3.66. The topological polar surface area (TPSA) is 71.1 Å². The van der Waals surface area contributed by atoms with E-state index in [1.807, 2.05) is 30.5 Å². The first-order chi connectivity index (χ1) is 13.5. The van der Waals surface area contributed by atoms with Gasteiger partial charge in [0.1, 0.15) is 5.82 Å². The molecule has 0 aliphatic rings. The van der Waals surface area contributed by atoms with Crippen LogP contribution >= 0.6 is 23.1 Å².